The van der Waals surface area contributed by atoms with Gasteiger partial charge in [-0.2, -0.15) is 11.3 Å². The molecule has 0 aliphatic carbocycles. The van der Waals surface area contributed by atoms with Crippen LogP contribution < -0.4 is 9.47 Å². The van der Waals surface area contributed by atoms with Gasteiger partial charge in [0, 0.05) is 18.2 Å². The van der Waals surface area contributed by atoms with E-state index in [9.17, 15) is 4.79 Å². The van der Waals surface area contributed by atoms with Crippen LogP contribution in [-0.4, -0.2) is 31.6 Å². The molecule has 0 saturated carbocycles. The quantitative estimate of drug-likeness (QED) is 0.839. The summed E-state index contributed by atoms with van der Waals surface area (Å²) in [5.74, 6) is 1.58. The molecule has 3 rings (SSSR count). The zero-order chi connectivity index (χ0) is 16.2. The predicted octanol–water partition coefficient (Wildman–Crippen LogP) is 3.67. The number of ether oxygens (including phenoxy) is 2. The summed E-state index contributed by atoms with van der Waals surface area (Å²) in [7, 11) is 3.24. The van der Waals surface area contributed by atoms with Gasteiger partial charge in [-0.05, 0) is 41.3 Å². The van der Waals surface area contributed by atoms with E-state index in [1.807, 2.05) is 23.1 Å². The lowest BCUT2D eigenvalue weighted by Gasteiger charge is -2.24. The van der Waals surface area contributed by atoms with Gasteiger partial charge in [0.25, 0.3) is 0 Å². The summed E-state index contributed by atoms with van der Waals surface area (Å²) in [6.45, 7) is 0.831. The van der Waals surface area contributed by atoms with Crippen LogP contribution in [0.1, 0.15) is 30.0 Å². The summed E-state index contributed by atoms with van der Waals surface area (Å²) in [4.78, 5) is 14.8. The van der Waals surface area contributed by atoms with Crippen molar-refractivity contribution < 1.29 is 14.3 Å². The Morgan fingerprint density at radius 2 is 2.17 bits per heavy atom. The van der Waals surface area contributed by atoms with Gasteiger partial charge in [-0.1, -0.05) is 6.07 Å². The normalized spacial score (nSPS) is 17.3. The Kier molecular flexibility index (Phi) is 4.86. The fourth-order valence-corrected chi connectivity index (χ4v) is 3.85. The van der Waals surface area contributed by atoms with E-state index in [1.54, 1.807) is 25.6 Å². The van der Waals surface area contributed by atoms with Crippen LogP contribution in [-0.2, 0) is 11.2 Å². The van der Waals surface area contributed by atoms with Crippen LogP contribution in [0.25, 0.3) is 0 Å². The zero-order valence-electron chi connectivity index (χ0n) is 13.5. The maximum atomic E-state index is 12.8. The minimum Gasteiger partial charge on any atom is -0.497 e. The lowest BCUT2D eigenvalue weighted by atomic mass is 10.1. The van der Waals surface area contributed by atoms with E-state index in [2.05, 4.69) is 16.8 Å². The molecule has 5 heteroatoms. The van der Waals surface area contributed by atoms with Crippen molar-refractivity contribution >= 4 is 17.2 Å². The van der Waals surface area contributed by atoms with Gasteiger partial charge >= 0.3 is 0 Å². The van der Waals surface area contributed by atoms with Crippen molar-refractivity contribution in [3.8, 4) is 11.5 Å². The van der Waals surface area contributed by atoms with Crippen molar-refractivity contribution in [3.05, 3.63) is 46.2 Å². The molecule has 2 heterocycles. The Balaban J connectivity index is 1.76. The van der Waals surface area contributed by atoms with E-state index in [-0.39, 0.29) is 11.9 Å². The molecule has 1 fully saturated rings. The molecule has 1 atom stereocenters. The molecular weight excluding hydrogens is 310 g/mol. The Labute approximate surface area is 140 Å². The summed E-state index contributed by atoms with van der Waals surface area (Å²) < 4.78 is 10.6. The fourth-order valence-electron chi connectivity index (χ4n) is 3.14. The second-order valence-corrected chi connectivity index (χ2v) is 6.44. The fraction of sp³-hybridized carbons (Fsp3) is 0.389. The van der Waals surface area contributed by atoms with Crippen LogP contribution in [0, 0.1) is 0 Å². The molecule has 4 nitrogen and oxygen atoms in total. The number of thiophene rings is 1. The molecule has 0 N–H and O–H groups in total. The van der Waals surface area contributed by atoms with Crippen molar-refractivity contribution in [2.75, 3.05) is 20.8 Å². The van der Waals surface area contributed by atoms with Crippen molar-refractivity contribution in [2.45, 2.75) is 25.3 Å². The monoisotopic (exact) mass is 331 g/mol. The summed E-state index contributed by atoms with van der Waals surface area (Å²) in [6.07, 6.45) is 2.46. The number of rotatable bonds is 5. The molecule has 0 bridgehead atoms. The molecule has 0 radical (unpaired) electrons. The highest BCUT2D eigenvalue weighted by molar-refractivity contribution is 7.07. The number of nitrogens with zero attached hydrogens (tertiary/aromatic N) is 1. The Hall–Kier alpha value is -2.01. The number of carbonyl (C=O) groups excluding carboxylic acids is 1. The Morgan fingerprint density at radius 1 is 1.30 bits per heavy atom. The predicted molar refractivity (Wildman–Crippen MR) is 91.3 cm³/mol. The second-order valence-electron chi connectivity index (χ2n) is 5.66. The first-order valence-corrected chi connectivity index (χ1v) is 8.69. The summed E-state index contributed by atoms with van der Waals surface area (Å²) in [6, 6.07) is 7.94. The molecule has 1 saturated heterocycles. The number of hydrogen-bond donors (Lipinski definition) is 0. The Morgan fingerprint density at radius 3 is 2.87 bits per heavy atom. The number of likely N-dealkylation sites (tertiary alicyclic amines) is 1. The average Bonchev–Trinajstić information content (AvgIpc) is 3.25. The van der Waals surface area contributed by atoms with Crippen molar-refractivity contribution in [2.24, 2.45) is 0 Å². The molecule has 1 amide bonds. The minimum atomic E-state index is 0.155. The molecule has 1 aromatic carbocycles. The third-order valence-electron chi connectivity index (χ3n) is 4.34. The number of carbonyl (C=O) groups is 1. The van der Waals surface area contributed by atoms with E-state index >= 15 is 0 Å². The lowest BCUT2D eigenvalue weighted by molar-refractivity contribution is -0.131. The highest BCUT2D eigenvalue weighted by atomic mass is 32.1. The van der Waals surface area contributed by atoms with Crippen LogP contribution in [0.4, 0.5) is 0 Å². The third-order valence-corrected chi connectivity index (χ3v) is 5.04. The van der Waals surface area contributed by atoms with Crippen LogP contribution >= 0.6 is 11.3 Å². The van der Waals surface area contributed by atoms with Gasteiger partial charge in [0.1, 0.15) is 11.5 Å². The van der Waals surface area contributed by atoms with E-state index in [1.165, 1.54) is 5.56 Å². The van der Waals surface area contributed by atoms with Gasteiger partial charge in [-0.15, -0.1) is 0 Å². The molecule has 1 aliphatic rings. The highest BCUT2D eigenvalue weighted by Gasteiger charge is 2.30. The van der Waals surface area contributed by atoms with Crippen molar-refractivity contribution in [1.29, 1.82) is 0 Å². The summed E-state index contributed by atoms with van der Waals surface area (Å²) in [5.41, 5.74) is 2.15. The van der Waals surface area contributed by atoms with Crippen LogP contribution in [0.3, 0.4) is 0 Å². The first-order chi connectivity index (χ1) is 11.2. The minimum absolute atomic E-state index is 0.155. The first kappa shape index (κ1) is 15.9. The molecule has 0 unspecified atom stereocenters. The molecule has 2 aromatic rings. The smallest absolute Gasteiger partial charge is 0.227 e. The molecular formula is C18H21NO3S. The maximum Gasteiger partial charge on any atom is 0.227 e. The number of amides is 1. The van der Waals surface area contributed by atoms with E-state index in [4.69, 9.17) is 9.47 Å². The van der Waals surface area contributed by atoms with Gasteiger partial charge in [-0.3, -0.25) is 4.79 Å². The van der Waals surface area contributed by atoms with E-state index in [0.717, 1.165) is 30.7 Å². The van der Waals surface area contributed by atoms with Gasteiger partial charge in [0.2, 0.25) is 5.91 Å². The largest absolute Gasteiger partial charge is 0.497 e. The van der Waals surface area contributed by atoms with Crippen LogP contribution in [0.5, 0.6) is 11.5 Å². The van der Waals surface area contributed by atoms with E-state index in [0.29, 0.717) is 12.2 Å². The van der Waals surface area contributed by atoms with Crippen LogP contribution in [0.15, 0.2) is 35.0 Å². The van der Waals surface area contributed by atoms with Gasteiger partial charge in [0.15, 0.2) is 0 Å². The Bertz CT molecular complexity index is 669. The molecule has 0 spiro atoms. The SMILES string of the molecule is COc1ccc(CC(=O)N2CCC[C@@H]2c2ccsc2)c(OC)c1. The second kappa shape index (κ2) is 7.04. The number of hydrogen-bond acceptors (Lipinski definition) is 4. The highest BCUT2D eigenvalue weighted by Crippen LogP contribution is 2.34. The molecule has 1 aromatic heterocycles. The zero-order valence-corrected chi connectivity index (χ0v) is 14.3. The summed E-state index contributed by atoms with van der Waals surface area (Å²) >= 11 is 1.68. The van der Waals surface area contributed by atoms with Crippen LogP contribution in [0.2, 0.25) is 0 Å². The molecule has 122 valence electrons. The third kappa shape index (κ3) is 3.34. The van der Waals surface area contributed by atoms with Gasteiger partial charge in [-0.25, -0.2) is 0 Å². The number of methoxy groups -OCH3 is 2. The number of benzene rings is 1. The molecule has 1 aliphatic heterocycles. The maximum absolute atomic E-state index is 12.8. The summed E-state index contributed by atoms with van der Waals surface area (Å²) in [5, 5.41) is 4.22. The lowest BCUT2D eigenvalue weighted by Crippen LogP contribution is -2.31. The van der Waals surface area contributed by atoms with Crippen molar-refractivity contribution in [1.82, 2.24) is 4.90 Å². The standard InChI is InChI=1S/C18H21NO3S/c1-21-15-6-5-13(17(11-15)22-2)10-18(20)19-8-3-4-16(19)14-7-9-23-12-14/h5-7,9,11-12,16H,3-4,8,10H2,1-2H3/t16-/m1/s1. The van der Waals surface area contributed by atoms with Crippen molar-refractivity contribution in [3.63, 3.8) is 0 Å². The first-order valence-electron chi connectivity index (χ1n) is 7.75. The average molecular weight is 331 g/mol. The molecule has 23 heavy (non-hydrogen) atoms. The van der Waals surface area contributed by atoms with Gasteiger partial charge in [0.05, 0.1) is 26.7 Å². The topological polar surface area (TPSA) is 38.8 Å². The van der Waals surface area contributed by atoms with E-state index < -0.39 is 0 Å². The van der Waals surface area contributed by atoms with Gasteiger partial charge < -0.3 is 14.4 Å².